The minimum absolute atomic E-state index is 0.104. The zero-order chi connectivity index (χ0) is 20.1. The van der Waals surface area contributed by atoms with Crippen molar-refractivity contribution in [3.8, 4) is 6.07 Å². The number of aryl methyl sites for hydroxylation is 1. The first-order valence-electron chi connectivity index (χ1n) is 8.97. The van der Waals surface area contributed by atoms with E-state index >= 15 is 0 Å². The largest absolute Gasteiger partial charge is 0.436 e. The first-order chi connectivity index (χ1) is 13.3. The van der Waals surface area contributed by atoms with Gasteiger partial charge in [-0.15, -0.1) is 11.3 Å². The summed E-state index contributed by atoms with van der Waals surface area (Å²) in [6.45, 7) is -0.380. The van der Waals surface area contributed by atoms with Gasteiger partial charge in [0, 0.05) is 10.8 Å². The van der Waals surface area contributed by atoms with E-state index in [1.54, 1.807) is 0 Å². The predicted octanol–water partition coefficient (Wildman–Crippen LogP) is 4.88. The summed E-state index contributed by atoms with van der Waals surface area (Å²) < 4.78 is 40.5. The van der Waals surface area contributed by atoms with Crippen LogP contribution in [0.4, 0.5) is 18.2 Å². The third-order valence-electron chi connectivity index (χ3n) is 4.99. The molecular formula is C18H16ClF3N4OS. The van der Waals surface area contributed by atoms with Crippen LogP contribution in [-0.2, 0) is 30.4 Å². The van der Waals surface area contributed by atoms with Crippen molar-refractivity contribution < 1.29 is 18.0 Å². The molecule has 0 aromatic carbocycles. The van der Waals surface area contributed by atoms with Crippen LogP contribution in [0.1, 0.15) is 59.0 Å². The molecule has 28 heavy (non-hydrogen) atoms. The quantitative estimate of drug-likeness (QED) is 0.754. The number of thiophene rings is 1. The summed E-state index contributed by atoms with van der Waals surface area (Å²) in [7, 11) is 0. The van der Waals surface area contributed by atoms with Gasteiger partial charge < -0.3 is 5.32 Å². The topological polar surface area (TPSA) is 70.7 Å². The highest BCUT2D eigenvalue weighted by Gasteiger charge is 2.42. The molecule has 1 amide bonds. The minimum Gasteiger partial charge on any atom is -0.315 e. The van der Waals surface area contributed by atoms with Crippen LogP contribution < -0.4 is 5.32 Å². The van der Waals surface area contributed by atoms with E-state index in [1.165, 1.54) is 11.3 Å². The molecule has 2 aliphatic rings. The maximum atomic E-state index is 13.1. The van der Waals surface area contributed by atoms with Crippen molar-refractivity contribution in [2.45, 2.75) is 57.2 Å². The van der Waals surface area contributed by atoms with E-state index in [0.717, 1.165) is 53.6 Å². The fourth-order valence-electron chi connectivity index (χ4n) is 3.58. The predicted molar refractivity (Wildman–Crippen MR) is 98.5 cm³/mol. The molecule has 0 radical (unpaired) electrons. The van der Waals surface area contributed by atoms with E-state index in [1.807, 2.05) is 0 Å². The lowest BCUT2D eigenvalue weighted by Gasteiger charge is -2.09. The number of rotatable bonds is 4. The Morgan fingerprint density at radius 3 is 2.71 bits per heavy atom. The molecule has 1 N–H and O–H groups in total. The van der Waals surface area contributed by atoms with E-state index < -0.39 is 22.8 Å². The summed E-state index contributed by atoms with van der Waals surface area (Å²) in [6.07, 6.45) is 0.496. The first kappa shape index (κ1) is 19.3. The molecule has 2 aromatic rings. The number of fused-ring (bicyclic) bond motifs is 1. The van der Waals surface area contributed by atoms with Crippen LogP contribution in [0.25, 0.3) is 0 Å². The Kier molecular flexibility index (Phi) is 4.88. The minimum atomic E-state index is -4.68. The molecule has 2 aromatic heterocycles. The lowest BCUT2D eigenvalue weighted by atomic mass is 9.96. The third-order valence-corrected chi connectivity index (χ3v) is 6.57. The fourth-order valence-corrected chi connectivity index (χ4v) is 5.23. The number of nitriles is 1. The molecule has 10 heteroatoms. The Hall–Kier alpha value is -2.05. The average Bonchev–Trinajstić information content (AvgIpc) is 3.31. The summed E-state index contributed by atoms with van der Waals surface area (Å²) in [4.78, 5) is 13.6. The number of halogens is 4. The summed E-state index contributed by atoms with van der Waals surface area (Å²) in [5, 5.41) is 15.8. The van der Waals surface area contributed by atoms with Gasteiger partial charge in [-0.05, 0) is 44.1 Å². The van der Waals surface area contributed by atoms with Gasteiger partial charge >= 0.3 is 6.18 Å². The number of alkyl halides is 3. The average molecular weight is 429 g/mol. The van der Waals surface area contributed by atoms with E-state index in [9.17, 15) is 23.2 Å². The Balaban J connectivity index is 1.58. The van der Waals surface area contributed by atoms with Crippen molar-refractivity contribution >= 4 is 33.8 Å². The standard InChI is InChI=1S/C18H16ClF3N4OS/c19-14-15(9-5-6-9)26(25-16(14)18(20,21)22)8-13(27)24-17-11(7-23)10-3-1-2-4-12(10)28-17/h9H,1-6,8H2,(H,24,27). The van der Waals surface area contributed by atoms with E-state index in [4.69, 9.17) is 11.6 Å². The molecule has 0 spiro atoms. The Bertz CT molecular complexity index is 985. The fraction of sp³-hybridized carbons (Fsp3) is 0.500. The second-order valence-electron chi connectivity index (χ2n) is 7.05. The number of hydrogen-bond acceptors (Lipinski definition) is 4. The molecule has 0 aliphatic heterocycles. The van der Waals surface area contributed by atoms with Gasteiger partial charge in [0.25, 0.3) is 0 Å². The second-order valence-corrected chi connectivity index (χ2v) is 8.54. The SMILES string of the molecule is N#Cc1c(NC(=O)Cn2nc(C(F)(F)F)c(Cl)c2C2CC2)sc2c1CCCC2. The van der Waals surface area contributed by atoms with Crippen LogP contribution in [0.3, 0.4) is 0 Å². The van der Waals surface area contributed by atoms with Crippen LogP contribution in [-0.4, -0.2) is 15.7 Å². The number of carbonyl (C=O) groups is 1. The van der Waals surface area contributed by atoms with Crippen molar-refractivity contribution in [1.82, 2.24) is 9.78 Å². The lowest BCUT2D eigenvalue weighted by Crippen LogP contribution is -2.21. The molecule has 0 saturated heterocycles. The smallest absolute Gasteiger partial charge is 0.315 e. The molecule has 0 bridgehead atoms. The van der Waals surface area contributed by atoms with Gasteiger partial charge in [0.05, 0.1) is 16.3 Å². The molecule has 148 valence electrons. The highest BCUT2D eigenvalue weighted by molar-refractivity contribution is 7.16. The van der Waals surface area contributed by atoms with Gasteiger partial charge in [-0.2, -0.15) is 23.5 Å². The number of aromatic nitrogens is 2. The Labute approximate surface area is 168 Å². The van der Waals surface area contributed by atoms with Crippen LogP contribution in [0.15, 0.2) is 0 Å². The van der Waals surface area contributed by atoms with Crippen LogP contribution in [0.5, 0.6) is 0 Å². The number of anilines is 1. The van der Waals surface area contributed by atoms with Gasteiger partial charge in [-0.25, -0.2) is 0 Å². The zero-order valence-corrected chi connectivity index (χ0v) is 16.3. The highest BCUT2D eigenvalue weighted by atomic mass is 35.5. The number of nitrogens with one attached hydrogen (secondary N) is 1. The molecule has 0 unspecified atom stereocenters. The molecule has 5 nitrogen and oxygen atoms in total. The van der Waals surface area contributed by atoms with Gasteiger partial charge in [0.1, 0.15) is 17.6 Å². The van der Waals surface area contributed by atoms with Crippen molar-refractivity contribution in [2.75, 3.05) is 5.32 Å². The van der Waals surface area contributed by atoms with Crippen molar-refractivity contribution in [3.63, 3.8) is 0 Å². The summed E-state index contributed by atoms with van der Waals surface area (Å²) in [6, 6.07) is 2.15. The number of hydrogen-bond donors (Lipinski definition) is 1. The van der Waals surface area contributed by atoms with Crippen molar-refractivity contribution in [3.05, 3.63) is 32.4 Å². The maximum absolute atomic E-state index is 13.1. The Morgan fingerprint density at radius 2 is 2.07 bits per heavy atom. The molecule has 2 heterocycles. The van der Waals surface area contributed by atoms with Gasteiger partial charge in [0.15, 0.2) is 5.69 Å². The van der Waals surface area contributed by atoms with E-state index in [2.05, 4.69) is 16.5 Å². The molecule has 0 atom stereocenters. The highest BCUT2D eigenvalue weighted by Crippen LogP contribution is 2.47. The maximum Gasteiger partial charge on any atom is 0.436 e. The van der Waals surface area contributed by atoms with E-state index in [-0.39, 0.29) is 18.2 Å². The number of amides is 1. The van der Waals surface area contributed by atoms with E-state index in [0.29, 0.717) is 10.6 Å². The van der Waals surface area contributed by atoms with Gasteiger partial charge in [-0.3, -0.25) is 9.48 Å². The van der Waals surface area contributed by atoms with Crippen LogP contribution >= 0.6 is 22.9 Å². The second kappa shape index (κ2) is 7.08. The molecular weight excluding hydrogens is 413 g/mol. The van der Waals surface area contributed by atoms with Crippen LogP contribution in [0, 0.1) is 11.3 Å². The van der Waals surface area contributed by atoms with Crippen molar-refractivity contribution in [2.24, 2.45) is 0 Å². The lowest BCUT2D eigenvalue weighted by molar-refractivity contribution is -0.141. The van der Waals surface area contributed by atoms with Crippen molar-refractivity contribution in [1.29, 1.82) is 5.26 Å². The number of carbonyl (C=O) groups excluding carboxylic acids is 1. The van der Waals surface area contributed by atoms with Gasteiger partial charge in [-0.1, -0.05) is 11.6 Å². The first-order valence-corrected chi connectivity index (χ1v) is 10.2. The summed E-state index contributed by atoms with van der Waals surface area (Å²) in [5.74, 6) is -0.627. The monoisotopic (exact) mass is 428 g/mol. The van der Waals surface area contributed by atoms with Crippen LogP contribution in [0.2, 0.25) is 5.02 Å². The summed E-state index contributed by atoms with van der Waals surface area (Å²) >= 11 is 7.30. The summed E-state index contributed by atoms with van der Waals surface area (Å²) in [5.41, 5.74) is 0.544. The third kappa shape index (κ3) is 3.51. The molecule has 4 rings (SSSR count). The Morgan fingerprint density at radius 1 is 1.36 bits per heavy atom. The molecule has 1 fully saturated rings. The van der Waals surface area contributed by atoms with Gasteiger partial charge in [0.2, 0.25) is 5.91 Å². The molecule has 1 saturated carbocycles. The zero-order valence-electron chi connectivity index (χ0n) is 14.7. The molecule has 2 aliphatic carbocycles. The number of nitrogens with zero attached hydrogens (tertiary/aromatic N) is 3. The normalized spacial score (nSPS) is 16.5.